The second-order valence-corrected chi connectivity index (χ2v) is 9.34. The smallest absolute Gasteiger partial charge is 0.191 e. The molecule has 4 saturated carbocycles. The summed E-state index contributed by atoms with van der Waals surface area (Å²) in [6.45, 7) is 3.90. The van der Waals surface area contributed by atoms with E-state index in [2.05, 4.69) is 22.5 Å². The molecule has 5 aliphatic rings. The second-order valence-electron chi connectivity index (χ2n) is 9.34. The largest absolute Gasteiger partial charge is 0.378 e. The van der Waals surface area contributed by atoms with Gasteiger partial charge in [-0.3, -0.25) is 4.99 Å². The third kappa shape index (κ3) is 2.25. The Morgan fingerprint density at radius 3 is 2.54 bits per heavy atom. The highest BCUT2D eigenvalue weighted by atomic mass is 16.5. The molecular weight excluding hydrogens is 326 g/mol. The van der Waals surface area contributed by atoms with E-state index in [0.29, 0.717) is 41.0 Å². The molecule has 0 radical (unpaired) electrons. The van der Waals surface area contributed by atoms with Crippen LogP contribution in [0.4, 0.5) is 0 Å². The molecule has 0 amide bonds. The van der Waals surface area contributed by atoms with Crippen LogP contribution < -0.4 is 10.6 Å². The quantitative estimate of drug-likeness (QED) is 0.597. The molecule has 5 atom stereocenters. The van der Waals surface area contributed by atoms with Gasteiger partial charge in [-0.05, 0) is 45.4 Å². The van der Waals surface area contributed by atoms with E-state index < -0.39 is 0 Å². The van der Waals surface area contributed by atoms with Crippen LogP contribution in [-0.2, 0) is 9.47 Å². The Morgan fingerprint density at radius 1 is 1.12 bits per heavy atom. The number of aliphatic imine (C=N–C) groups is 1. The molecule has 5 heteroatoms. The Balaban J connectivity index is 1.25. The lowest BCUT2D eigenvalue weighted by Crippen LogP contribution is -2.72. The van der Waals surface area contributed by atoms with Gasteiger partial charge >= 0.3 is 0 Å². The van der Waals surface area contributed by atoms with Crippen molar-refractivity contribution in [1.82, 2.24) is 10.6 Å². The Kier molecular flexibility index (Phi) is 4.24. The van der Waals surface area contributed by atoms with Gasteiger partial charge in [-0.25, -0.2) is 0 Å². The Morgan fingerprint density at radius 2 is 1.88 bits per heavy atom. The monoisotopic (exact) mass is 361 g/mol. The van der Waals surface area contributed by atoms with Gasteiger partial charge < -0.3 is 20.1 Å². The summed E-state index contributed by atoms with van der Waals surface area (Å²) in [6, 6.07) is 1.07. The third-order valence-corrected chi connectivity index (χ3v) is 8.55. The highest BCUT2D eigenvalue weighted by Crippen LogP contribution is 2.61. The van der Waals surface area contributed by atoms with E-state index in [1.165, 1.54) is 51.4 Å². The van der Waals surface area contributed by atoms with Crippen LogP contribution >= 0.6 is 0 Å². The summed E-state index contributed by atoms with van der Waals surface area (Å²) in [7, 11) is 1.92. The Labute approximate surface area is 157 Å². The molecule has 0 aromatic heterocycles. The average molecular weight is 362 g/mol. The molecule has 0 bridgehead atoms. The number of nitrogens with zero attached hydrogens (tertiary/aromatic N) is 1. The first-order valence-electron chi connectivity index (χ1n) is 11.0. The molecule has 5 fully saturated rings. The van der Waals surface area contributed by atoms with E-state index in [1.807, 2.05) is 7.05 Å². The molecule has 5 unspecified atom stereocenters. The van der Waals surface area contributed by atoms with Crippen LogP contribution in [0.5, 0.6) is 0 Å². The molecule has 2 spiro atoms. The van der Waals surface area contributed by atoms with Crippen LogP contribution in [0.15, 0.2) is 4.99 Å². The van der Waals surface area contributed by atoms with Crippen molar-refractivity contribution in [2.45, 2.75) is 89.0 Å². The molecule has 0 aromatic rings. The van der Waals surface area contributed by atoms with Gasteiger partial charge in [-0.2, -0.15) is 0 Å². The average Bonchev–Trinajstić information content (AvgIpc) is 3.23. The molecular formula is C21H35N3O2. The molecule has 1 saturated heterocycles. The van der Waals surface area contributed by atoms with E-state index >= 15 is 0 Å². The predicted octanol–water partition coefficient (Wildman–Crippen LogP) is 2.85. The topological polar surface area (TPSA) is 54.9 Å². The van der Waals surface area contributed by atoms with Crippen molar-refractivity contribution in [2.24, 2.45) is 21.7 Å². The summed E-state index contributed by atoms with van der Waals surface area (Å²) < 4.78 is 12.1. The number of hydrogen-bond acceptors (Lipinski definition) is 3. The van der Waals surface area contributed by atoms with Crippen molar-refractivity contribution in [3.8, 4) is 0 Å². The van der Waals surface area contributed by atoms with Gasteiger partial charge in [-0.1, -0.05) is 19.3 Å². The van der Waals surface area contributed by atoms with Crippen LogP contribution in [0.25, 0.3) is 0 Å². The third-order valence-electron chi connectivity index (χ3n) is 8.55. The number of fused-ring (bicyclic) bond motifs is 2. The van der Waals surface area contributed by atoms with Crippen LogP contribution in [0.1, 0.15) is 64.7 Å². The maximum Gasteiger partial charge on any atom is 0.191 e. The molecule has 1 aliphatic heterocycles. The molecule has 146 valence electrons. The minimum absolute atomic E-state index is 0.372. The van der Waals surface area contributed by atoms with Crippen LogP contribution in [0.3, 0.4) is 0 Å². The fourth-order valence-corrected chi connectivity index (χ4v) is 7.03. The molecule has 0 aromatic carbocycles. The van der Waals surface area contributed by atoms with E-state index in [9.17, 15) is 0 Å². The summed E-state index contributed by atoms with van der Waals surface area (Å²) >= 11 is 0. The molecule has 5 nitrogen and oxygen atoms in total. The minimum Gasteiger partial charge on any atom is -0.378 e. The van der Waals surface area contributed by atoms with E-state index in [4.69, 9.17) is 9.47 Å². The van der Waals surface area contributed by atoms with Crippen molar-refractivity contribution in [3.05, 3.63) is 0 Å². The fourth-order valence-electron chi connectivity index (χ4n) is 7.03. The summed E-state index contributed by atoms with van der Waals surface area (Å²) in [4.78, 5) is 4.61. The lowest BCUT2D eigenvalue weighted by molar-refractivity contribution is -0.169. The zero-order valence-electron chi connectivity index (χ0n) is 16.4. The number of nitrogens with one attached hydrogen (secondary N) is 2. The van der Waals surface area contributed by atoms with Crippen molar-refractivity contribution in [1.29, 1.82) is 0 Å². The molecule has 5 rings (SSSR count). The SMILES string of the molecule is CCOC1CC(NC(=NC)NC2C3CCOC3C23CCCC3)C12CCC2. The van der Waals surface area contributed by atoms with Gasteiger partial charge in [0.2, 0.25) is 0 Å². The highest BCUT2D eigenvalue weighted by Gasteiger charge is 2.65. The van der Waals surface area contributed by atoms with Gasteiger partial charge in [0.1, 0.15) is 0 Å². The summed E-state index contributed by atoms with van der Waals surface area (Å²) in [5.41, 5.74) is 0.748. The van der Waals surface area contributed by atoms with Crippen molar-refractivity contribution >= 4 is 5.96 Å². The van der Waals surface area contributed by atoms with Crippen molar-refractivity contribution < 1.29 is 9.47 Å². The standard InChI is InChI=1S/C21H35N3O2/c1-3-25-16-13-15(20(16)10-6-11-20)23-19(22-2)24-17-14-7-12-26-18(14)21(17)8-4-5-9-21/h14-18H,3-13H2,1-2H3,(H2,22,23,24). The predicted molar refractivity (Wildman–Crippen MR) is 102 cm³/mol. The first-order chi connectivity index (χ1) is 12.7. The van der Waals surface area contributed by atoms with Gasteiger partial charge in [0.15, 0.2) is 5.96 Å². The van der Waals surface area contributed by atoms with Crippen LogP contribution in [0.2, 0.25) is 0 Å². The van der Waals surface area contributed by atoms with E-state index in [0.717, 1.165) is 25.6 Å². The van der Waals surface area contributed by atoms with Crippen LogP contribution in [-0.4, -0.2) is 50.5 Å². The van der Waals surface area contributed by atoms with Gasteiger partial charge in [-0.15, -0.1) is 0 Å². The first kappa shape index (κ1) is 17.3. The van der Waals surface area contributed by atoms with E-state index in [1.54, 1.807) is 0 Å². The number of hydrogen-bond donors (Lipinski definition) is 2. The van der Waals surface area contributed by atoms with E-state index in [-0.39, 0.29) is 0 Å². The zero-order valence-corrected chi connectivity index (χ0v) is 16.4. The molecule has 2 N–H and O–H groups in total. The van der Waals surface area contributed by atoms with Crippen LogP contribution in [0, 0.1) is 16.7 Å². The summed E-state index contributed by atoms with van der Waals surface area (Å²) in [5.74, 6) is 1.69. The molecule has 26 heavy (non-hydrogen) atoms. The molecule has 4 aliphatic carbocycles. The summed E-state index contributed by atoms with van der Waals surface area (Å²) in [6.07, 6.45) is 12.6. The number of rotatable bonds is 4. The second kappa shape index (κ2) is 6.37. The number of ether oxygens (including phenoxy) is 2. The highest BCUT2D eigenvalue weighted by molar-refractivity contribution is 5.81. The fraction of sp³-hybridized carbons (Fsp3) is 0.952. The normalized spacial score (nSPS) is 42.1. The number of guanidine groups is 1. The minimum atomic E-state index is 0.372. The van der Waals surface area contributed by atoms with Gasteiger partial charge in [0, 0.05) is 49.1 Å². The zero-order chi connectivity index (χ0) is 17.8. The lowest BCUT2D eigenvalue weighted by Gasteiger charge is -2.61. The van der Waals surface area contributed by atoms with Crippen molar-refractivity contribution in [3.63, 3.8) is 0 Å². The molecule has 1 heterocycles. The maximum atomic E-state index is 6.13. The van der Waals surface area contributed by atoms with Gasteiger partial charge in [0.05, 0.1) is 12.2 Å². The maximum absolute atomic E-state index is 6.13. The summed E-state index contributed by atoms with van der Waals surface area (Å²) in [5, 5.41) is 7.65. The Hall–Kier alpha value is -0.810. The lowest BCUT2D eigenvalue weighted by atomic mass is 9.51. The van der Waals surface area contributed by atoms with Crippen molar-refractivity contribution in [2.75, 3.05) is 20.3 Å². The first-order valence-corrected chi connectivity index (χ1v) is 11.0. The van der Waals surface area contributed by atoms with Gasteiger partial charge in [0.25, 0.3) is 0 Å². The Bertz CT molecular complexity index is 568.